The molecule has 0 radical (unpaired) electrons. The molecule has 0 bridgehead atoms. The number of nitrogens with two attached hydrogens (primary N) is 1. The summed E-state index contributed by atoms with van der Waals surface area (Å²) in [6, 6.07) is 2.76. The highest BCUT2D eigenvalue weighted by molar-refractivity contribution is 6.32. The number of methoxy groups -OCH3 is 2. The summed E-state index contributed by atoms with van der Waals surface area (Å²) in [5, 5.41) is 0.180. The van der Waals surface area contributed by atoms with Crippen LogP contribution in [0.1, 0.15) is 12.5 Å². The molecule has 6 heteroatoms. The lowest BCUT2D eigenvalue weighted by Crippen LogP contribution is -2.40. The summed E-state index contributed by atoms with van der Waals surface area (Å²) >= 11 is 5.92. The topological polar surface area (TPSA) is 44.5 Å². The third kappa shape index (κ3) is 2.61. The Morgan fingerprint density at radius 3 is 2.29 bits per heavy atom. The molecule has 1 atom stereocenters. The van der Waals surface area contributed by atoms with E-state index in [0.717, 1.165) is 0 Å². The molecule has 1 rings (SSSR count). The van der Waals surface area contributed by atoms with Gasteiger partial charge in [-0.05, 0) is 24.6 Å². The van der Waals surface area contributed by atoms with Crippen LogP contribution in [-0.2, 0) is 5.54 Å². The van der Waals surface area contributed by atoms with E-state index in [0.29, 0.717) is 5.75 Å². The summed E-state index contributed by atoms with van der Waals surface area (Å²) < 4.78 is 35.6. The molecule has 0 aliphatic heterocycles. The van der Waals surface area contributed by atoms with E-state index in [4.69, 9.17) is 26.8 Å². The minimum absolute atomic E-state index is 0.180. The number of hydrogen-bond acceptors (Lipinski definition) is 3. The van der Waals surface area contributed by atoms with Gasteiger partial charge in [-0.25, -0.2) is 8.78 Å². The van der Waals surface area contributed by atoms with Gasteiger partial charge in [-0.2, -0.15) is 0 Å². The molecule has 0 spiro atoms. The third-order valence-corrected chi connectivity index (χ3v) is 2.79. The number of rotatable bonds is 4. The predicted octanol–water partition coefficient (Wildman–Crippen LogP) is 2.80. The Bertz CT molecular complexity index is 411. The highest BCUT2D eigenvalue weighted by Crippen LogP contribution is 2.39. The maximum absolute atomic E-state index is 12.8. The maximum atomic E-state index is 12.8. The second-order valence-corrected chi connectivity index (χ2v) is 4.18. The molecule has 1 unspecified atom stereocenters. The van der Waals surface area contributed by atoms with Crippen molar-refractivity contribution in [3.8, 4) is 11.5 Å². The van der Waals surface area contributed by atoms with Crippen LogP contribution in [0.2, 0.25) is 5.02 Å². The lowest BCUT2D eigenvalue weighted by molar-refractivity contribution is 0.0624. The molecule has 17 heavy (non-hydrogen) atoms. The fourth-order valence-electron chi connectivity index (χ4n) is 1.35. The van der Waals surface area contributed by atoms with E-state index in [9.17, 15) is 8.78 Å². The van der Waals surface area contributed by atoms with Crippen molar-refractivity contribution in [3.05, 3.63) is 22.7 Å². The second-order valence-electron chi connectivity index (χ2n) is 3.78. The summed E-state index contributed by atoms with van der Waals surface area (Å²) in [7, 11) is 2.81. The molecule has 96 valence electrons. The standard InChI is InChI=1S/C11H14ClF2NO2/c1-11(15,10(13)14)6-4-7(12)9(17-3)8(5-6)16-2/h4-5,10H,15H2,1-3H3. The molecule has 2 N–H and O–H groups in total. The van der Waals surface area contributed by atoms with Crippen LogP contribution >= 0.6 is 11.6 Å². The Kier molecular flexibility index (Phi) is 4.16. The fraction of sp³-hybridized carbons (Fsp3) is 0.455. The second kappa shape index (κ2) is 5.06. The van der Waals surface area contributed by atoms with E-state index in [2.05, 4.69) is 0 Å². The Hall–Kier alpha value is -1.07. The van der Waals surface area contributed by atoms with Crippen LogP contribution < -0.4 is 15.2 Å². The van der Waals surface area contributed by atoms with Gasteiger partial charge in [0.05, 0.1) is 24.8 Å². The summed E-state index contributed by atoms with van der Waals surface area (Å²) in [4.78, 5) is 0. The molecule has 0 fully saturated rings. The number of halogens is 3. The summed E-state index contributed by atoms with van der Waals surface area (Å²) in [6.45, 7) is 1.23. The Morgan fingerprint density at radius 1 is 1.29 bits per heavy atom. The van der Waals surface area contributed by atoms with Crippen LogP contribution in [0.3, 0.4) is 0 Å². The van der Waals surface area contributed by atoms with Gasteiger partial charge in [0, 0.05) is 0 Å². The third-order valence-electron chi connectivity index (χ3n) is 2.51. The largest absolute Gasteiger partial charge is 0.493 e. The van der Waals surface area contributed by atoms with E-state index in [1.165, 1.54) is 33.3 Å². The van der Waals surface area contributed by atoms with Crippen LogP contribution in [0.4, 0.5) is 8.78 Å². The Balaban J connectivity index is 3.34. The highest BCUT2D eigenvalue weighted by atomic mass is 35.5. The van der Waals surface area contributed by atoms with Gasteiger partial charge >= 0.3 is 0 Å². The van der Waals surface area contributed by atoms with E-state index in [1.54, 1.807) is 0 Å². The molecule has 0 heterocycles. The van der Waals surface area contributed by atoms with Crippen molar-refractivity contribution >= 4 is 11.6 Å². The van der Waals surface area contributed by atoms with Crippen molar-refractivity contribution in [2.24, 2.45) is 5.73 Å². The van der Waals surface area contributed by atoms with Crippen molar-refractivity contribution in [3.63, 3.8) is 0 Å². The van der Waals surface area contributed by atoms with Crippen molar-refractivity contribution < 1.29 is 18.3 Å². The molecule has 0 saturated carbocycles. The van der Waals surface area contributed by atoms with Gasteiger partial charge < -0.3 is 15.2 Å². The van der Waals surface area contributed by atoms with Crippen LogP contribution in [0.25, 0.3) is 0 Å². The first-order valence-electron chi connectivity index (χ1n) is 4.83. The summed E-state index contributed by atoms with van der Waals surface area (Å²) in [5.41, 5.74) is 3.96. The van der Waals surface area contributed by atoms with Crippen molar-refractivity contribution in [1.82, 2.24) is 0 Å². The molecular formula is C11H14ClF2NO2. The normalized spacial score (nSPS) is 14.6. The lowest BCUT2D eigenvalue weighted by atomic mass is 9.93. The molecular weight excluding hydrogens is 252 g/mol. The summed E-state index contributed by atoms with van der Waals surface area (Å²) in [5.74, 6) is 0.565. The predicted molar refractivity (Wildman–Crippen MR) is 62.1 cm³/mol. The highest BCUT2D eigenvalue weighted by Gasteiger charge is 2.33. The van der Waals surface area contributed by atoms with Crippen molar-refractivity contribution in [1.29, 1.82) is 0 Å². The number of hydrogen-bond donors (Lipinski definition) is 1. The van der Waals surface area contributed by atoms with Crippen molar-refractivity contribution in [2.45, 2.75) is 18.9 Å². The number of benzene rings is 1. The molecule has 0 aliphatic carbocycles. The first kappa shape index (κ1) is 14.0. The fourth-order valence-corrected chi connectivity index (χ4v) is 1.64. The van der Waals surface area contributed by atoms with E-state index in [-0.39, 0.29) is 16.3 Å². The molecule has 0 amide bonds. The van der Waals surface area contributed by atoms with Crippen LogP contribution in [0.5, 0.6) is 11.5 Å². The minimum atomic E-state index is -2.71. The smallest absolute Gasteiger partial charge is 0.260 e. The van der Waals surface area contributed by atoms with Crippen LogP contribution in [-0.4, -0.2) is 20.6 Å². The monoisotopic (exact) mass is 265 g/mol. The zero-order valence-electron chi connectivity index (χ0n) is 9.76. The lowest BCUT2D eigenvalue weighted by Gasteiger charge is -2.25. The van der Waals surface area contributed by atoms with Crippen LogP contribution in [0, 0.1) is 0 Å². The molecule has 3 nitrogen and oxygen atoms in total. The number of ether oxygens (including phenoxy) is 2. The zero-order valence-corrected chi connectivity index (χ0v) is 10.5. The molecule has 1 aromatic carbocycles. The Morgan fingerprint density at radius 2 is 1.88 bits per heavy atom. The van der Waals surface area contributed by atoms with E-state index in [1.807, 2.05) is 0 Å². The van der Waals surface area contributed by atoms with E-state index < -0.39 is 12.0 Å². The quantitative estimate of drug-likeness (QED) is 0.910. The summed E-state index contributed by atoms with van der Waals surface area (Å²) in [6.07, 6.45) is -2.71. The van der Waals surface area contributed by atoms with Crippen LogP contribution in [0.15, 0.2) is 12.1 Å². The van der Waals surface area contributed by atoms with Gasteiger partial charge in [-0.1, -0.05) is 11.6 Å². The molecule has 1 aromatic rings. The SMILES string of the molecule is COc1cc(C(C)(N)C(F)F)cc(Cl)c1OC. The van der Waals surface area contributed by atoms with Crippen molar-refractivity contribution in [2.75, 3.05) is 14.2 Å². The van der Waals surface area contributed by atoms with Gasteiger partial charge in [-0.15, -0.1) is 0 Å². The molecule has 0 aromatic heterocycles. The zero-order chi connectivity index (χ0) is 13.2. The first-order chi connectivity index (χ1) is 7.84. The van der Waals surface area contributed by atoms with Gasteiger partial charge in [0.1, 0.15) is 0 Å². The van der Waals surface area contributed by atoms with Gasteiger partial charge in [0.25, 0.3) is 6.43 Å². The Labute approximate surface area is 103 Å². The van der Waals surface area contributed by atoms with Gasteiger partial charge in [0.15, 0.2) is 11.5 Å². The van der Waals surface area contributed by atoms with E-state index >= 15 is 0 Å². The first-order valence-corrected chi connectivity index (χ1v) is 5.21. The molecule has 0 saturated heterocycles. The molecule has 0 aliphatic rings. The average molecular weight is 266 g/mol. The average Bonchev–Trinajstić information content (AvgIpc) is 2.27. The minimum Gasteiger partial charge on any atom is -0.493 e. The van der Waals surface area contributed by atoms with Gasteiger partial charge in [0.2, 0.25) is 0 Å². The number of alkyl halides is 2. The van der Waals surface area contributed by atoms with Gasteiger partial charge in [-0.3, -0.25) is 0 Å². The maximum Gasteiger partial charge on any atom is 0.260 e.